The molecule has 0 unspecified atom stereocenters. The average molecular weight is 643 g/mol. The third-order valence-corrected chi connectivity index (χ3v) is 9.30. The summed E-state index contributed by atoms with van der Waals surface area (Å²) in [6, 6.07) is 8.88. The van der Waals surface area contributed by atoms with Gasteiger partial charge in [0.05, 0.1) is 34.0 Å². The molecule has 0 radical (unpaired) electrons. The van der Waals surface area contributed by atoms with E-state index in [0.717, 1.165) is 17.0 Å². The van der Waals surface area contributed by atoms with Gasteiger partial charge in [-0.1, -0.05) is 29.8 Å². The molecule has 1 fully saturated rings. The van der Waals surface area contributed by atoms with Gasteiger partial charge < -0.3 is 14.7 Å². The van der Waals surface area contributed by atoms with E-state index in [1.54, 1.807) is 31.2 Å². The lowest BCUT2D eigenvalue weighted by atomic mass is 9.59. The first-order valence-electron chi connectivity index (χ1n) is 14.9. The van der Waals surface area contributed by atoms with Gasteiger partial charge in [0.15, 0.2) is 17.3 Å². The first-order chi connectivity index (χ1) is 22.4. The molecule has 1 saturated heterocycles. The molecule has 6 rings (SSSR count). The van der Waals surface area contributed by atoms with Gasteiger partial charge in [0.2, 0.25) is 11.8 Å². The zero-order valence-corrected chi connectivity index (χ0v) is 25.7. The summed E-state index contributed by atoms with van der Waals surface area (Å²) in [4.78, 5) is 79.8. The standard InChI is InChI=1S/C33H30N4O10/c1-16-12-25(39)22-15-21-18(27(29(22)31(16)40)19-6-4-5-7-26(19)47-11-10-38)8-9-20-28(21)33(42)35(32(20)41)17-13-23(36(43)44)30(34(2)3)24(14-17)37(45)46/h4-8,12-14,20-21,27-28,38H,9-11,15H2,1-3H3/t20-,21+,27+,28-/m0/s1. The van der Waals surface area contributed by atoms with Crippen LogP contribution in [0.5, 0.6) is 5.75 Å². The van der Waals surface area contributed by atoms with Crippen molar-refractivity contribution in [1.29, 1.82) is 0 Å². The first kappa shape index (κ1) is 31.5. The minimum absolute atomic E-state index is 0.000423. The molecule has 2 amide bonds. The van der Waals surface area contributed by atoms with Gasteiger partial charge in [0, 0.05) is 54.4 Å². The zero-order chi connectivity index (χ0) is 33.9. The molecule has 0 aromatic heterocycles. The fraction of sp³-hybridized carbons (Fsp3) is 0.333. The Kier molecular flexibility index (Phi) is 7.83. The van der Waals surface area contributed by atoms with Crippen LogP contribution in [0.25, 0.3) is 0 Å². The van der Waals surface area contributed by atoms with Crippen LogP contribution in [0.4, 0.5) is 22.7 Å². The van der Waals surface area contributed by atoms with Crippen molar-refractivity contribution < 1.29 is 38.9 Å². The number of nitro groups is 2. The van der Waals surface area contributed by atoms with Gasteiger partial charge in [-0.25, -0.2) is 4.90 Å². The highest BCUT2D eigenvalue weighted by atomic mass is 16.6. The smallest absolute Gasteiger partial charge is 0.301 e. The third kappa shape index (κ3) is 4.92. The van der Waals surface area contributed by atoms with Crippen molar-refractivity contribution in [2.45, 2.75) is 25.7 Å². The Hall–Kier alpha value is -5.50. The topological polar surface area (TPSA) is 190 Å². The number of hydrogen-bond acceptors (Lipinski definition) is 11. The van der Waals surface area contributed by atoms with E-state index in [1.807, 2.05) is 6.08 Å². The molecule has 2 aromatic carbocycles. The molecular formula is C33H30N4O10. The normalized spacial score (nSPS) is 23.5. The molecule has 14 nitrogen and oxygen atoms in total. The molecule has 4 aliphatic rings. The van der Waals surface area contributed by atoms with E-state index >= 15 is 0 Å². The summed E-state index contributed by atoms with van der Waals surface area (Å²) in [6.45, 7) is 1.27. The SMILES string of the molecule is CC1=CC(=O)C2=C(C1=O)[C@@H](c1ccccc1OCCO)C1=CC[C@@H]3C(=O)N(c4cc([N+](=O)[O-])c(N(C)C)c([N+](=O)[O-])c4)C(=O)[C@@H]3[C@@H]1C2. The van der Waals surface area contributed by atoms with Crippen LogP contribution < -0.4 is 14.5 Å². The Morgan fingerprint density at radius 3 is 2.28 bits per heavy atom. The molecule has 0 bridgehead atoms. The number of ether oxygens (including phenoxy) is 1. The van der Waals surface area contributed by atoms with E-state index < -0.39 is 56.7 Å². The number of allylic oxidation sites excluding steroid dienone is 6. The second kappa shape index (κ2) is 11.7. The number of imide groups is 1. The van der Waals surface area contributed by atoms with Gasteiger partial charge in [0.25, 0.3) is 0 Å². The number of amides is 2. The van der Waals surface area contributed by atoms with Crippen LogP contribution in [0.1, 0.15) is 31.2 Å². The molecule has 0 spiro atoms. The molecule has 14 heteroatoms. The van der Waals surface area contributed by atoms with Gasteiger partial charge in [-0.3, -0.25) is 39.4 Å². The summed E-state index contributed by atoms with van der Waals surface area (Å²) in [5.41, 5.74) is 0.107. The van der Waals surface area contributed by atoms with Crippen molar-refractivity contribution in [3.63, 3.8) is 0 Å². The van der Waals surface area contributed by atoms with Gasteiger partial charge in [-0.05, 0) is 37.8 Å². The highest BCUT2D eigenvalue weighted by Crippen LogP contribution is 2.57. The summed E-state index contributed by atoms with van der Waals surface area (Å²) in [6.07, 6.45) is 3.16. The Balaban J connectivity index is 1.49. The Bertz CT molecular complexity index is 1860. The number of para-hydroxylation sites is 1. The number of anilines is 2. The maximum atomic E-state index is 14.3. The van der Waals surface area contributed by atoms with E-state index in [1.165, 1.54) is 25.1 Å². The largest absolute Gasteiger partial charge is 0.491 e. The third-order valence-electron chi connectivity index (χ3n) is 9.30. The number of ketones is 2. The van der Waals surface area contributed by atoms with Crippen molar-refractivity contribution >= 4 is 46.1 Å². The van der Waals surface area contributed by atoms with E-state index in [0.29, 0.717) is 16.9 Å². The number of Topliss-reactive ketones (excluding diaryl/α,β-unsaturated/α-hetero) is 1. The van der Waals surface area contributed by atoms with Crippen LogP contribution >= 0.6 is 0 Å². The summed E-state index contributed by atoms with van der Waals surface area (Å²) in [7, 11) is 2.82. The number of benzene rings is 2. The minimum atomic E-state index is -1.01. The molecule has 1 aliphatic heterocycles. The van der Waals surface area contributed by atoms with Crippen LogP contribution in [0.2, 0.25) is 0 Å². The Morgan fingerprint density at radius 2 is 1.66 bits per heavy atom. The lowest BCUT2D eigenvalue weighted by Gasteiger charge is -2.42. The van der Waals surface area contributed by atoms with Crippen molar-refractivity contribution in [3.8, 4) is 5.75 Å². The average Bonchev–Trinajstić information content (AvgIpc) is 3.30. The molecule has 3 aliphatic carbocycles. The van der Waals surface area contributed by atoms with Gasteiger partial charge in [-0.15, -0.1) is 0 Å². The second-order valence-corrected chi connectivity index (χ2v) is 12.1. The lowest BCUT2D eigenvalue weighted by molar-refractivity contribution is -0.392. The Labute approximate surface area is 267 Å². The van der Waals surface area contributed by atoms with Crippen LogP contribution in [0, 0.1) is 38.0 Å². The number of nitrogens with zero attached hydrogens (tertiary/aromatic N) is 4. The van der Waals surface area contributed by atoms with Crippen molar-refractivity contribution in [2.24, 2.45) is 17.8 Å². The number of hydrogen-bond donors (Lipinski definition) is 1. The zero-order valence-electron chi connectivity index (χ0n) is 25.7. The Morgan fingerprint density at radius 1 is 1.00 bits per heavy atom. The molecule has 2 aromatic rings. The molecule has 0 saturated carbocycles. The summed E-state index contributed by atoms with van der Waals surface area (Å²) in [5, 5.41) is 33.5. The molecular weight excluding hydrogens is 612 g/mol. The van der Waals surface area contributed by atoms with Crippen molar-refractivity contribution in [2.75, 3.05) is 37.1 Å². The quantitative estimate of drug-likeness (QED) is 0.146. The van der Waals surface area contributed by atoms with Crippen LogP contribution in [-0.2, 0) is 19.2 Å². The van der Waals surface area contributed by atoms with Gasteiger partial charge in [0.1, 0.15) is 12.4 Å². The van der Waals surface area contributed by atoms with Crippen molar-refractivity contribution in [1.82, 2.24) is 0 Å². The van der Waals surface area contributed by atoms with Gasteiger partial charge >= 0.3 is 11.4 Å². The maximum absolute atomic E-state index is 14.3. The van der Waals surface area contributed by atoms with E-state index in [9.17, 15) is 44.5 Å². The molecule has 242 valence electrons. The highest BCUT2D eigenvalue weighted by Gasteiger charge is 2.57. The van der Waals surface area contributed by atoms with Gasteiger partial charge in [-0.2, -0.15) is 0 Å². The van der Waals surface area contributed by atoms with E-state index in [-0.39, 0.29) is 65.7 Å². The summed E-state index contributed by atoms with van der Waals surface area (Å²) < 4.78 is 5.82. The van der Waals surface area contributed by atoms with E-state index in [2.05, 4.69) is 0 Å². The predicted octanol–water partition coefficient (Wildman–Crippen LogP) is 3.57. The number of rotatable bonds is 8. The summed E-state index contributed by atoms with van der Waals surface area (Å²) in [5.74, 6) is -5.10. The summed E-state index contributed by atoms with van der Waals surface area (Å²) >= 11 is 0. The predicted molar refractivity (Wildman–Crippen MR) is 167 cm³/mol. The maximum Gasteiger partial charge on any atom is 0.301 e. The molecule has 1 heterocycles. The van der Waals surface area contributed by atoms with Crippen molar-refractivity contribution in [3.05, 3.63) is 96.6 Å². The lowest BCUT2D eigenvalue weighted by Crippen LogP contribution is -2.40. The van der Waals surface area contributed by atoms with Crippen LogP contribution in [0.3, 0.4) is 0 Å². The highest BCUT2D eigenvalue weighted by molar-refractivity contribution is 6.25. The fourth-order valence-corrected chi connectivity index (χ4v) is 7.43. The number of aliphatic hydroxyl groups excluding tert-OH is 1. The number of nitro benzene ring substituents is 2. The molecule has 47 heavy (non-hydrogen) atoms. The number of carbonyl (C=O) groups is 4. The molecule has 4 atom stereocenters. The number of carbonyl (C=O) groups excluding carboxylic acids is 4. The second-order valence-electron chi connectivity index (χ2n) is 12.1. The minimum Gasteiger partial charge on any atom is -0.491 e. The first-order valence-corrected chi connectivity index (χ1v) is 14.9. The number of fused-ring (bicyclic) bond motifs is 3. The van der Waals surface area contributed by atoms with Crippen LogP contribution in [-0.4, -0.2) is 65.6 Å². The van der Waals surface area contributed by atoms with Crippen LogP contribution in [0.15, 0.2) is 70.8 Å². The monoisotopic (exact) mass is 642 g/mol. The molecule has 1 N–H and O–H groups in total. The number of aliphatic hydroxyl groups is 1. The fourth-order valence-electron chi connectivity index (χ4n) is 7.43. The van der Waals surface area contributed by atoms with E-state index in [4.69, 9.17) is 4.74 Å².